The number of fused-ring (bicyclic) bond motifs is 4. The number of benzene rings is 1. The number of rotatable bonds is 4. The Kier molecular flexibility index (Phi) is 5.13. The highest BCUT2D eigenvalue weighted by atomic mass is 19.4. The molecule has 0 fully saturated rings. The number of alkyl halides is 3. The van der Waals surface area contributed by atoms with Crippen LogP contribution in [0, 0.1) is 17.1 Å². The molecule has 0 saturated carbocycles. The minimum atomic E-state index is -4.67. The largest absolute Gasteiger partial charge is 0.435 e. The van der Waals surface area contributed by atoms with Crippen molar-refractivity contribution in [3.8, 4) is 22.9 Å². The number of anilines is 1. The average molecular weight is 506 g/mol. The SMILES string of the molecule is CCNc1cc(F)cc2c1[nH]c1ncc(-c3cncc(C#N)c3)c(-n3nc(C(F)(F)F)c4c3CNC4)c12. The summed E-state index contributed by atoms with van der Waals surface area (Å²) in [5.74, 6) is -0.516. The van der Waals surface area contributed by atoms with Gasteiger partial charge in [-0.25, -0.2) is 14.1 Å². The molecule has 1 aromatic carbocycles. The maximum atomic E-state index is 14.8. The maximum Gasteiger partial charge on any atom is 0.435 e. The summed E-state index contributed by atoms with van der Waals surface area (Å²) in [4.78, 5) is 11.8. The van der Waals surface area contributed by atoms with Gasteiger partial charge in [0.1, 0.15) is 17.5 Å². The van der Waals surface area contributed by atoms with Crippen molar-refractivity contribution in [3.05, 3.63) is 65.1 Å². The van der Waals surface area contributed by atoms with Crippen LogP contribution in [0.2, 0.25) is 0 Å². The molecule has 37 heavy (non-hydrogen) atoms. The molecular weight excluding hydrogens is 488 g/mol. The van der Waals surface area contributed by atoms with Gasteiger partial charge < -0.3 is 15.6 Å². The number of halogens is 4. The number of hydrogen-bond donors (Lipinski definition) is 3. The molecule has 1 aliphatic rings. The summed E-state index contributed by atoms with van der Waals surface area (Å²) in [7, 11) is 0. The topological polar surface area (TPSA) is 107 Å². The van der Waals surface area contributed by atoms with Crippen LogP contribution in [0.25, 0.3) is 38.8 Å². The molecule has 186 valence electrons. The van der Waals surface area contributed by atoms with E-state index in [2.05, 4.69) is 30.7 Å². The van der Waals surface area contributed by atoms with Gasteiger partial charge in [-0.3, -0.25) is 4.98 Å². The van der Waals surface area contributed by atoms with Gasteiger partial charge in [0, 0.05) is 60.3 Å². The molecule has 0 spiro atoms. The van der Waals surface area contributed by atoms with Gasteiger partial charge in [0.25, 0.3) is 0 Å². The van der Waals surface area contributed by atoms with E-state index >= 15 is 0 Å². The molecule has 0 bridgehead atoms. The van der Waals surface area contributed by atoms with E-state index in [0.29, 0.717) is 51.0 Å². The van der Waals surface area contributed by atoms with Gasteiger partial charge in [-0.15, -0.1) is 0 Å². The summed E-state index contributed by atoms with van der Waals surface area (Å²) in [6, 6.07) is 6.27. The normalized spacial score (nSPS) is 13.3. The van der Waals surface area contributed by atoms with E-state index in [1.165, 1.54) is 35.4 Å². The molecule has 5 heterocycles. The molecule has 12 heteroatoms. The fraction of sp³-hybridized carbons (Fsp3) is 0.200. The monoisotopic (exact) mass is 506 g/mol. The van der Waals surface area contributed by atoms with Crippen LogP contribution in [0.3, 0.4) is 0 Å². The second-order valence-electron chi connectivity index (χ2n) is 8.64. The van der Waals surface area contributed by atoms with Crippen molar-refractivity contribution >= 4 is 27.6 Å². The molecule has 1 aliphatic heterocycles. The standard InChI is InChI=1S/C25H18F4N8/c1-2-33-18-5-14(26)4-15-20-22(37-19-11-32-9-17(19)23(36-37)25(27,28)29)16(10-34-24(20)35-21(15)18)13-3-12(6-30)7-31-8-13/h3-5,7-8,10,32-33H,2,9,11H2,1H3,(H,34,35). The van der Waals surface area contributed by atoms with Crippen LogP contribution < -0.4 is 10.6 Å². The number of nitrogens with zero attached hydrogens (tertiary/aromatic N) is 5. The summed E-state index contributed by atoms with van der Waals surface area (Å²) in [6.45, 7) is 2.58. The van der Waals surface area contributed by atoms with Gasteiger partial charge in [0.05, 0.1) is 33.5 Å². The third-order valence-corrected chi connectivity index (χ3v) is 6.38. The van der Waals surface area contributed by atoms with E-state index in [0.717, 1.165) is 0 Å². The lowest BCUT2D eigenvalue weighted by Gasteiger charge is -2.14. The first kappa shape index (κ1) is 22.9. The second kappa shape index (κ2) is 8.28. The number of nitrogens with one attached hydrogen (secondary N) is 3. The fourth-order valence-electron chi connectivity index (χ4n) is 4.89. The Morgan fingerprint density at radius 1 is 1.16 bits per heavy atom. The Morgan fingerprint density at radius 3 is 2.76 bits per heavy atom. The quantitative estimate of drug-likeness (QED) is 0.295. The molecule has 5 aromatic rings. The lowest BCUT2D eigenvalue weighted by molar-refractivity contribution is -0.142. The van der Waals surface area contributed by atoms with E-state index in [1.54, 1.807) is 6.07 Å². The van der Waals surface area contributed by atoms with Crippen molar-refractivity contribution in [2.75, 3.05) is 11.9 Å². The predicted molar refractivity (Wildman–Crippen MR) is 128 cm³/mol. The zero-order valence-corrected chi connectivity index (χ0v) is 19.3. The first-order valence-corrected chi connectivity index (χ1v) is 11.4. The smallest absolute Gasteiger partial charge is 0.384 e. The zero-order chi connectivity index (χ0) is 25.9. The number of hydrogen-bond acceptors (Lipinski definition) is 6. The second-order valence-corrected chi connectivity index (χ2v) is 8.64. The Labute approximate surface area is 207 Å². The van der Waals surface area contributed by atoms with Crippen LogP contribution in [0.4, 0.5) is 23.2 Å². The molecule has 0 amide bonds. The summed E-state index contributed by atoms with van der Waals surface area (Å²) in [5.41, 5.74) is 2.27. The van der Waals surface area contributed by atoms with Crippen LogP contribution in [-0.4, -0.2) is 31.3 Å². The van der Waals surface area contributed by atoms with Crippen molar-refractivity contribution in [1.82, 2.24) is 30.0 Å². The number of aromatic amines is 1. The molecule has 0 saturated heterocycles. The maximum absolute atomic E-state index is 14.8. The van der Waals surface area contributed by atoms with Crippen LogP contribution >= 0.6 is 0 Å². The molecular formula is C25H18F4N8. The van der Waals surface area contributed by atoms with Crippen molar-refractivity contribution in [2.24, 2.45) is 0 Å². The van der Waals surface area contributed by atoms with E-state index in [1.807, 2.05) is 13.0 Å². The highest BCUT2D eigenvalue weighted by Crippen LogP contribution is 2.42. The van der Waals surface area contributed by atoms with Crippen molar-refractivity contribution in [2.45, 2.75) is 26.2 Å². The number of pyridine rings is 2. The van der Waals surface area contributed by atoms with Crippen LogP contribution in [0.15, 0.2) is 36.8 Å². The van der Waals surface area contributed by atoms with Crippen LogP contribution in [-0.2, 0) is 19.3 Å². The van der Waals surface area contributed by atoms with Gasteiger partial charge in [-0.05, 0) is 25.1 Å². The highest BCUT2D eigenvalue weighted by Gasteiger charge is 2.41. The lowest BCUT2D eigenvalue weighted by Crippen LogP contribution is -2.14. The number of H-pyrrole nitrogens is 1. The fourth-order valence-corrected chi connectivity index (χ4v) is 4.89. The van der Waals surface area contributed by atoms with Gasteiger partial charge >= 0.3 is 6.18 Å². The molecule has 0 atom stereocenters. The average Bonchev–Trinajstić information content (AvgIpc) is 3.57. The third-order valence-electron chi connectivity index (χ3n) is 6.38. The Hall–Kier alpha value is -4.50. The number of aromatic nitrogens is 5. The molecule has 6 rings (SSSR count). The first-order valence-electron chi connectivity index (χ1n) is 11.4. The molecule has 4 aromatic heterocycles. The summed E-state index contributed by atoms with van der Waals surface area (Å²) in [6.07, 6.45) is -0.284. The minimum Gasteiger partial charge on any atom is -0.384 e. The molecule has 0 aliphatic carbocycles. The Morgan fingerprint density at radius 2 is 2.00 bits per heavy atom. The molecule has 3 N–H and O–H groups in total. The summed E-state index contributed by atoms with van der Waals surface area (Å²) >= 11 is 0. The van der Waals surface area contributed by atoms with E-state index in [4.69, 9.17) is 0 Å². The van der Waals surface area contributed by atoms with Crippen molar-refractivity contribution in [1.29, 1.82) is 5.26 Å². The third kappa shape index (κ3) is 3.58. The lowest BCUT2D eigenvalue weighted by atomic mass is 10.0. The number of nitriles is 1. The zero-order valence-electron chi connectivity index (χ0n) is 19.3. The molecule has 0 radical (unpaired) electrons. The van der Waals surface area contributed by atoms with Gasteiger partial charge in [0.2, 0.25) is 0 Å². The minimum absolute atomic E-state index is 0.0201. The van der Waals surface area contributed by atoms with Crippen molar-refractivity contribution < 1.29 is 17.6 Å². The van der Waals surface area contributed by atoms with Gasteiger partial charge in [0.15, 0.2) is 5.69 Å². The first-order chi connectivity index (χ1) is 17.8. The Balaban J connectivity index is 1.77. The van der Waals surface area contributed by atoms with Crippen LogP contribution in [0.5, 0.6) is 0 Å². The van der Waals surface area contributed by atoms with E-state index in [9.17, 15) is 22.8 Å². The van der Waals surface area contributed by atoms with E-state index < -0.39 is 17.7 Å². The van der Waals surface area contributed by atoms with Gasteiger partial charge in [-0.1, -0.05) is 0 Å². The van der Waals surface area contributed by atoms with Gasteiger partial charge in [-0.2, -0.15) is 23.5 Å². The molecule has 0 unspecified atom stereocenters. The summed E-state index contributed by atoms with van der Waals surface area (Å²) < 4.78 is 57.9. The van der Waals surface area contributed by atoms with Crippen molar-refractivity contribution in [3.63, 3.8) is 0 Å². The summed E-state index contributed by atoms with van der Waals surface area (Å²) in [5, 5.41) is 20.4. The Bertz CT molecular complexity index is 1740. The molecule has 8 nitrogen and oxygen atoms in total. The predicted octanol–water partition coefficient (Wildman–Crippen LogP) is 5.03. The highest BCUT2D eigenvalue weighted by molar-refractivity contribution is 6.15. The van der Waals surface area contributed by atoms with E-state index in [-0.39, 0.29) is 29.9 Å². The van der Waals surface area contributed by atoms with Crippen LogP contribution in [0.1, 0.15) is 29.4 Å².